The summed E-state index contributed by atoms with van der Waals surface area (Å²) in [5, 5.41) is 7.01. The SMILES string of the molecule is O=C(CN1CCc2onc(-c3cccc(F)c3)c2C1)Nc1ccccc1. The molecule has 2 heterocycles. The molecule has 132 valence electrons. The molecule has 0 saturated carbocycles. The molecular formula is C20H18FN3O2. The van der Waals surface area contributed by atoms with Crippen molar-refractivity contribution in [2.45, 2.75) is 13.0 Å². The molecule has 0 unspecified atom stereocenters. The summed E-state index contributed by atoms with van der Waals surface area (Å²) < 4.78 is 19.0. The highest BCUT2D eigenvalue weighted by Crippen LogP contribution is 2.30. The molecule has 1 aromatic heterocycles. The Bertz CT molecular complexity index is 924. The highest BCUT2D eigenvalue weighted by atomic mass is 19.1. The molecule has 3 aromatic rings. The molecule has 0 atom stereocenters. The van der Waals surface area contributed by atoms with Crippen molar-refractivity contribution in [3.63, 3.8) is 0 Å². The molecule has 1 amide bonds. The van der Waals surface area contributed by atoms with E-state index in [1.165, 1.54) is 12.1 Å². The zero-order valence-electron chi connectivity index (χ0n) is 14.1. The van der Waals surface area contributed by atoms with Gasteiger partial charge in [-0.3, -0.25) is 9.69 Å². The number of amides is 1. The van der Waals surface area contributed by atoms with Crippen molar-refractivity contribution in [3.05, 3.63) is 71.7 Å². The molecule has 4 rings (SSSR count). The van der Waals surface area contributed by atoms with Gasteiger partial charge >= 0.3 is 0 Å². The van der Waals surface area contributed by atoms with Crippen LogP contribution in [0.1, 0.15) is 11.3 Å². The number of hydrogen-bond acceptors (Lipinski definition) is 4. The number of carbonyl (C=O) groups excluding carboxylic acids is 1. The summed E-state index contributed by atoms with van der Waals surface area (Å²) in [5.41, 5.74) is 3.04. The smallest absolute Gasteiger partial charge is 0.238 e. The van der Waals surface area contributed by atoms with E-state index in [1.807, 2.05) is 41.3 Å². The van der Waals surface area contributed by atoms with Crippen LogP contribution in [0.5, 0.6) is 0 Å². The van der Waals surface area contributed by atoms with E-state index in [9.17, 15) is 9.18 Å². The first-order valence-corrected chi connectivity index (χ1v) is 8.49. The largest absolute Gasteiger partial charge is 0.360 e. The number of anilines is 1. The Labute approximate surface area is 150 Å². The standard InChI is InChI=1S/C20H18FN3O2/c21-15-6-4-5-14(11-15)20-17-12-24(10-9-18(17)26-23-20)13-19(25)22-16-7-2-1-3-8-16/h1-8,11H,9-10,12-13H2,(H,22,25). The maximum Gasteiger partial charge on any atom is 0.238 e. The zero-order valence-corrected chi connectivity index (χ0v) is 14.1. The van der Waals surface area contributed by atoms with Crippen LogP contribution in [0.25, 0.3) is 11.3 Å². The number of aromatic nitrogens is 1. The zero-order chi connectivity index (χ0) is 17.9. The molecule has 0 spiro atoms. The van der Waals surface area contributed by atoms with Crippen molar-refractivity contribution in [2.75, 3.05) is 18.4 Å². The highest BCUT2D eigenvalue weighted by molar-refractivity contribution is 5.92. The van der Waals surface area contributed by atoms with E-state index in [1.54, 1.807) is 6.07 Å². The fourth-order valence-corrected chi connectivity index (χ4v) is 3.19. The van der Waals surface area contributed by atoms with E-state index < -0.39 is 0 Å². The minimum absolute atomic E-state index is 0.0663. The Morgan fingerprint density at radius 2 is 2.04 bits per heavy atom. The Hall–Kier alpha value is -2.99. The normalized spacial score (nSPS) is 14.0. The Balaban J connectivity index is 1.47. The lowest BCUT2D eigenvalue weighted by atomic mass is 10.0. The number of nitrogens with one attached hydrogen (secondary N) is 1. The number of benzene rings is 2. The van der Waals surface area contributed by atoms with Crippen molar-refractivity contribution in [1.29, 1.82) is 0 Å². The number of nitrogens with zero attached hydrogens (tertiary/aromatic N) is 2. The van der Waals surface area contributed by atoms with E-state index in [-0.39, 0.29) is 18.3 Å². The van der Waals surface area contributed by atoms with Crippen LogP contribution in [0, 0.1) is 5.82 Å². The quantitative estimate of drug-likeness (QED) is 0.782. The van der Waals surface area contributed by atoms with E-state index in [2.05, 4.69) is 10.5 Å². The van der Waals surface area contributed by atoms with Crippen LogP contribution in [0.15, 0.2) is 59.1 Å². The third-order valence-electron chi connectivity index (χ3n) is 4.43. The predicted molar refractivity (Wildman–Crippen MR) is 95.9 cm³/mol. The third-order valence-corrected chi connectivity index (χ3v) is 4.43. The van der Waals surface area contributed by atoms with Gasteiger partial charge in [-0.15, -0.1) is 0 Å². The second kappa shape index (κ2) is 7.09. The summed E-state index contributed by atoms with van der Waals surface area (Å²) in [7, 11) is 0. The summed E-state index contributed by atoms with van der Waals surface area (Å²) >= 11 is 0. The lowest BCUT2D eigenvalue weighted by Crippen LogP contribution is -2.36. The number of carbonyl (C=O) groups is 1. The fraction of sp³-hybridized carbons (Fsp3) is 0.200. The molecule has 5 nitrogen and oxygen atoms in total. The van der Waals surface area contributed by atoms with Gasteiger partial charge in [0.2, 0.25) is 5.91 Å². The van der Waals surface area contributed by atoms with Crippen LogP contribution in [-0.2, 0) is 17.8 Å². The maximum absolute atomic E-state index is 13.5. The topological polar surface area (TPSA) is 58.4 Å². The van der Waals surface area contributed by atoms with E-state index in [0.29, 0.717) is 30.8 Å². The average Bonchev–Trinajstić information content (AvgIpc) is 3.06. The van der Waals surface area contributed by atoms with Gasteiger partial charge in [0, 0.05) is 36.3 Å². The van der Waals surface area contributed by atoms with Gasteiger partial charge in [0.15, 0.2) is 0 Å². The van der Waals surface area contributed by atoms with Gasteiger partial charge < -0.3 is 9.84 Å². The van der Waals surface area contributed by atoms with E-state index in [4.69, 9.17) is 4.52 Å². The average molecular weight is 351 g/mol. The Morgan fingerprint density at radius 1 is 1.19 bits per heavy atom. The van der Waals surface area contributed by atoms with Crippen LogP contribution in [0.4, 0.5) is 10.1 Å². The second-order valence-corrected chi connectivity index (χ2v) is 6.32. The number of hydrogen-bond donors (Lipinski definition) is 1. The van der Waals surface area contributed by atoms with Crippen molar-refractivity contribution >= 4 is 11.6 Å². The molecular weight excluding hydrogens is 333 g/mol. The van der Waals surface area contributed by atoms with Gasteiger partial charge in [0.25, 0.3) is 0 Å². The molecule has 1 aliphatic heterocycles. The summed E-state index contributed by atoms with van der Waals surface area (Å²) in [6, 6.07) is 15.7. The van der Waals surface area contributed by atoms with Crippen molar-refractivity contribution in [1.82, 2.24) is 10.1 Å². The molecule has 26 heavy (non-hydrogen) atoms. The fourth-order valence-electron chi connectivity index (χ4n) is 3.19. The monoisotopic (exact) mass is 351 g/mol. The van der Waals surface area contributed by atoms with Gasteiger partial charge in [0.05, 0.1) is 6.54 Å². The molecule has 0 bridgehead atoms. The summed E-state index contributed by atoms with van der Waals surface area (Å²) in [4.78, 5) is 14.3. The first kappa shape index (κ1) is 16.5. The molecule has 1 N–H and O–H groups in total. The van der Waals surface area contributed by atoms with Crippen LogP contribution in [0.2, 0.25) is 0 Å². The Morgan fingerprint density at radius 3 is 2.85 bits per heavy atom. The van der Waals surface area contributed by atoms with Gasteiger partial charge in [-0.2, -0.15) is 0 Å². The Kier molecular flexibility index (Phi) is 4.50. The van der Waals surface area contributed by atoms with E-state index in [0.717, 1.165) is 17.0 Å². The van der Waals surface area contributed by atoms with Crippen LogP contribution in [-0.4, -0.2) is 29.1 Å². The minimum Gasteiger partial charge on any atom is -0.360 e. The molecule has 6 heteroatoms. The molecule has 1 aliphatic rings. The van der Waals surface area contributed by atoms with Gasteiger partial charge in [-0.25, -0.2) is 4.39 Å². The van der Waals surface area contributed by atoms with Gasteiger partial charge in [-0.05, 0) is 24.3 Å². The summed E-state index contributed by atoms with van der Waals surface area (Å²) in [6.07, 6.45) is 0.677. The minimum atomic E-state index is -0.311. The first-order valence-electron chi connectivity index (χ1n) is 8.49. The second-order valence-electron chi connectivity index (χ2n) is 6.32. The maximum atomic E-state index is 13.5. The highest BCUT2D eigenvalue weighted by Gasteiger charge is 2.26. The van der Waals surface area contributed by atoms with Crippen molar-refractivity contribution in [2.24, 2.45) is 0 Å². The predicted octanol–water partition coefficient (Wildman–Crippen LogP) is 3.48. The van der Waals surface area contributed by atoms with Crippen LogP contribution < -0.4 is 5.32 Å². The van der Waals surface area contributed by atoms with Crippen molar-refractivity contribution < 1.29 is 13.7 Å². The number of halogens is 1. The molecule has 0 fully saturated rings. The number of fused-ring (bicyclic) bond motifs is 1. The van der Waals surface area contributed by atoms with Gasteiger partial charge in [-0.1, -0.05) is 35.5 Å². The van der Waals surface area contributed by atoms with Crippen LogP contribution in [0.3, 0.4) is 0 Å². The summed E-state index contributed by atoms with van der Waals surface area (Å²) in [5.74, 6) is 0.432. The number of para-hydroxylation sites is 1. The molecule has 0 radical (unpaired) electrons. The molecule has 0 aliphatic carbocycles. The summed E-state index contributed by atoms with van der Waals surface area (Å²) in [6.45, 7) is 1.54. The van der Waals surface area contributed by atoms with E-state index >= 15 is 0 Å². The lowest BCUT2D eigenvalue weighted by Gasteiger charge is -2.25. The van der Waals surface area contributed by atoms with Crippen molar-refractivity contribution in [3.8, 4) is 11.3 Å². The molecule has 2 aromatic carbocycles. The molecule has 0 saturated heterocycles. The first-order chi connectivity index (χ1) is 12.7. The third kappa shape index (κ3) is 3.50. The van der Waals surface area contributed by atoms with Crippen LogP contribution >= 0.6 is 0 Å². The lowest BCUT2D eigenvalue weighted by molar-refractivity contribution is -0.117. The van der Waals surface area contributed by atoms with Gasteiger partial charge in [0.1, 0.15) is 17.3 Å². The number of rotatable bonds is 4.